The van der Waals surface area contributed by atoms with Gasteiger partial charge in [0, 0.05) is 28.1 Å². The molecule has 0 bridgehead atoms. The van der Waals surface area contributed by atoms with E-state index in [4.69, 9.17) is 16.6 Å². The van der Waals surface area contributed by atoms with E-state index < -0.39 is 29.1 Å². The first kappa shape index (κ1) is 36.6. The quantitative estimate of drug-likeness (QED) is 0.154. The summed E-state index contributed by atoms with van der Waals surface area (Å²) in [6, 6.07) is 32.7. The lowest BCUT2D eigenvalue weighted by atomic mass is 9.75. The van der Waals surface area contributed by atoms with Crippen LogP contribution in [0.3, 0.4) is 0 Å². The zero-order valence-corrected chi connectivity index (χ0v) is 32.4. The van der Waals surface area contributed by atoms with E-state index in [1.807, 2.05) is 66.7 Å². The van der Waals surface area contributed by atoms with Gasteiger partial charge in [0.25, 0.3) is 5.56 Å². The molecule has 2 fully saturated rings. The van der Waals surface area contributed by atoms with E-state index in [1.54, 1.807) is 34.9 Å². The molecule has 7 aromatic rings. The summed E-state index contributed by atoms with van der Waals surface area (Å²) in [6.07, 6.45) is 0.625. The first-order valence-electron chi connectivity index (χ1n) is 19.2. The van der Waals surface area contributed by atoms with Crippen molar-refractivity contribution in [3.8, 4) is 11.6 Å². The number of para-hydroxylation sites is 4. The summed E-state index contributed by atoms with van der Waals surface area (Å²) in [5, 5.41) is 14.9. The summed E-state index contributed by atoms with van der Waals surface area (Å²) < 4.78 is 15.6. The van der Waals surface area contributed by atoms with E-state index in [2.05, 4.69) is 29.1 Å². The number of anilines is 1. The number of nitrogens with zero attached hydrogens (tertiary/aromatic N) is 4. The highest BCUT2D eigenvalue weighted by molar-refractivity contribution is 6.56. The van der Waals surface area contributed by atoms with Crippen molar-refractivity contribution in [3.05, 3.63) is 159 Å². The number of amides is 2. The van der Waals surface area contributed by atoms with Crippen molar-refractivity contribution in [3.63, 3.8) is 0 Å². The third kappa shape index (κ3) is 5.29. The number of rotatable bonds is 4. The van der Waals surface area contributed by atoms with Crippen molar-refractivity contribution in [2.24, 2.45) is 22.7 Å². The minimum Gasteiger partial charge on any atom is -0.494 e. The van der Waals surface area contributed by atoms with Crippen LogP contribution < -0.4 is 15.8 Å². The highest BCUT2D eigenvalue weighted by Gasteiger charge is 2.69. The number of nitrogens with one attached hydrogen (secondary N) is 2. The highest BCUT2D eigenvalue weighted by atomic mass is 35.5. The fourth-order valence-electron chi connectivity index (χ4n) is 9.41. The molecule has 0 aliphatic carbocycles. The number of ketones is 1. The molecule has 0 saturated carbocycles. The Kier molecular flexibility index (Phi) is 8.31. The standard InChI is InChI=1S/C30H24ClFN4O3.C16H10N2O2/c1-15(2)13-22-24-25(28(39)35(27(24)38)16-11-12-20(32)19(31)14-16)30(34-22)18-8-4-6-10-23(18)36-26(37)17-7-3-5-9-21(17)33-29(30)36;19-15-10-6-2-4-8-12(10)17-14(15)13-9-5-1-3-7-11(9)18-16(13)20/h3-12,14-15,22,24-25,34H,13H2,1-2H3;1-8,18,20H/t22?,24-,25+,30?;/m0./s1. The maximum atomic E-state index is 14.4. The number of hydrogen-bond acceptors (Lipinski definition) is 8. The minimum atomic E-state index is -1.21. The first-order chi connectivity index (χ1) is 28.5. The fourth-order valence-corrected chi connectivity index (χ4v) is 9.58. The number of aliphatic imine (C=N–C) groups is 1. The van der Waals surface area contributed by atoms with Gasteiger partial charge in [-0.2, -0.15) is 0 Å². The van der Waals surface area contributed by atoms with Crippen LogP contribution in [0.2, 0.25) is 5.02 Å². The van der Waals surface area contributed by atoms with E-state index >= 15 is 0 Å². The molecule has 11 rings (SSSR count). The fraction of sp³-hybridized carbons (Fsp3) is 0.174. The smallest absolute Gasteiger partial charge is 0.266 e. The number of Topliss-reactive ketones (excluding diaryl/α,β-unsaturated/α-hetero) is 1. The highest BCUT2D eigenvalue weighted by Crippen LogP contribution is 2.56. The molecule has 2 aromatic heterocycles. The van der Waals surface area contributed by atoms with Crippen LogP contribution in [0.25, 0.3) is 27.5 Å². The molecule has 0 radical (unpaired) electrons. The van der Waals surface area contributed by atoms with E-state index in [9.17, 15) is 28.7 Å². The summed E-state index contributed by atoms with van der Waals surface area (Å²) in [7, 11) is 0. The van der Waals surface area contributed by atoms with E-state index in [-0.39, 0.29) is 45.8 Å². The zero-order valence-electron chi connectivity index (χ0n) is 31.6. The molecule has 11 nitrogen and oxygen atoms in total. The SMILES string of the molecule is CC(C)CC1NC2(c3ccccc3-n3c2nc2ccccc2c3=O)[C@H]2C(=O)N(c3ccc(F)c(Cl)c3)C(=O)[C@@H]12.O=C1C(c2c(O)[nH]c3ccccc23)=Nc2ccccc21. The Bertz CT molecular complexity index is 3070. The number of carbonyl (C=O) groups is 3. The van der Waals surface area contributed by atoms with E-state index in [0.29, 0.717) is 51.4 Å². The molecule has 292 valence electrons. The average Bonchev–Trinajstić information content (AvgIpc) is 3.99. The molecule has 6 heterocycles. The summed E-state index contributed by atoms with van der Waals surface area (Å²) >= 11 is 6.05. The van der Waals surface area contributed by atoms with Crippen LogP contribution in [0.1, 0.15) is 47.6 Å². The van der Waals surface area contributed by atoms with Crippen LogP contribution in [-0.2, 0) is 15.1 Å². The predicted molar refractivity (Wildman–Crippen MR) is 222 cm³/mol. The van der Waals surface area contributed by atoms with Crippen LogP contribution >= 0.6 is 11.6 Å². The van der Waals surface area contributed by atoms with E-state index in [0.717, 1.165) is 27.4 Å². The summed E-state index contributed by atoms with van der Waals surface area (Å²) in [5.74, 6) is -2.59. The Balaban J connectivity index is 0.000000176. The lowest BCUT2D eigenvalue weighted by Crippen LogP contribution is -2.50. The second kappa shape index (κ2) is 13.4. The normalized spacial score (nSPS) is 21.2. The predicted octanol–water partition coefficient (Wildman–Crippen LogP) is 7.75. The number of aromatic nitrogens is 3. The van der Waals surface area contributed by atoms with Crippen LogP contribution in [0.15, 0.2) is 125 Å². The number of halogens is 2. The third-order valence-corrected chi connectivity index (χ3v) is 12.1. The number of H-pyrrole nitrogens is 1. The minimum absolute atomic E-state index is 0.0221. The first-order valence-corrected chi connectivity index (χ1v) is 19.6. The summed E-state index contributed by atoms with van der Waals surface area (Å²) in [5.41, 5.74) is 3.44. The monoisotopic (exact) mass is 804 g/mol. The zero-order chi connectivity index (χ0) is 40.9. The van der Waals surface area contributed by atoms with Gasteiger partial charge in [0.2, 0.25) is 17.6 Å². The molecular weight excluding hydrogens is 771 g/mol. The number of fused-ring (bicyclic) bond motifs is 10. The lowest BCUT2D eigenvalue weighted by molar-refractivity contribution is -0.123. The molecule has 2 unspecified atom stereocenters. The topological polar surface area (TPSA) is 150 Å². The lowest BCUT2D eigenvalue weighted by Gasteiger charge is -2.32. The summed E-state index contributed by atoms with van der Waals surface area (Å²) in [4.78, 5) is 68.1. The molecule has 2 saturated heterocycles. The summed E-state index contributed by atoms with van der Waals surface area (Å²) in [6.45, 7) is 4.13. The van der Waals surface area contributed by atoms with E-state index in [1.165, 1.54) is 12.1 Å². The van der Waals surface area contributed by atoms with Gasteiger partial charge in [-0.25, -0.2) is 19.3 Å². The Labute approximate surface area is 340 Å². The van der Waals surface area contributed by atoms with Crippen molar-refractivity contribution in [1.29, 1.82) is 0 Å². The molecule has 4 aliphatic heterocycles. The van der Waals surface area contributed by atoms with Crippen LogP contribution in [0, 0.1) is 23.6 Å². The van der Waals surface area contributed by atoms with Gasteiger partial charge in [-0.1, -0.05) is 86.1 Å². The van der Waals surface area contributed by atoms with Crippen molar-refractivity contribution >= 4 is 68.1 Å². The van der Waals surface area contributed by atoms with Gasteiger partial charge in [-0.15, -0.1) is 0 Å². The van der Waals surface area contributed by atoms with Gasteiger partial charge in [-0.3, -0.25) is 29.1 Å². The number of hydrogen-bond donors (Lipinski definition) is 3. The molecule has 5 aromatic carbocycles. The van der Waals surface area contributed by atoms with Gasteiger partial charge < -0.3 is 10.1 Å². The Morgan fingerprint density at radius 1 is 0.864 bits per heavy atom. The molecule has 59 heavy (non-hydrogen) atoms. The van der Waals surface area contributed by atoms with Crippen LogP contribution in [0.5, 0.6) is 5.88 Å². The van der Waals surface area contributed by atoms with Crippen LogP contribution in [0.4, 0.5) is 15.8 Å². The molecule has 2 amide bonds. The van der Waals surface area contributed by atoms with Crippen molar-refractivity contribution < 1.29 is 23.9 Å². The Morgan fingerprint density at radius 2 is 1.58 bits per heavy atom. The van der Waals surface area contributed by atoms with Gasteiger partial charge in [0.15, 0.2) is 5.88 Å². The number of benzene rings is 5. The van der Waals surface area contributed by atoms with Crippen LogP contribution in [-0.4, -0.2) is 49.0 Å². The maximum Gasteiger partial charge on any atom is 0.266 e. The van der Waals surface area contributed by atoms with Crippen molar-refractivity contribution in [2.75, 3.05) is 4.90 Å². The molecule has 4 atom stereocenters. The molecule has 13 heteroatoms. The molecule has 4 aliphatic rings. The maximum absolute atomic E-state index is 14.4. The number of aromatic amines is 1. The molecular formula is C46H34ClFN6O5. The largest absolute Gasteiger partial charge is 0.494 e. The van der Waals surface area contributed by atoms with Gasteiger partial charge in [-0.05, 0) is 66.9 Å². The van der Waals surface area contributed by atoms with Gasteiger partial charge in [0.05, 0.1) is 50.4 Å². The average molecular weight is 805 g/mol. The van der Waals surface area contributed by atoms with Crippen molar-refractivity contribution in [2.45, 2.75) is 31.8 Å². The molecule has 3 N–H and O–H groups in total. The number of aromatic hydroxyl groups is 1. The Morgan fingerprint density at radius 3 is 2.36 bits per heavy atom. The number of imide groups is 1. The number of carbonyl (C=O) groups excluding carboxylic acids is 3. The second-order valence-corrected chi connectivity index (χ2v) is 16.0. The third-order valence-electron chi connectivity index (χ3n) is 11.8. The van der Waals surface area contributed by atoms with Crippen molar-refractivity contribution in [1.82, 2.24) is 19.9 Å². The molecule has 1 spiro atoms. The second-order valence-electron chi connectivity index (χ2n) is 15.6. The van der Waals surface area contributed by atoms with Gasteiger partial charge in [0.1, 0.15) is 22.9 Å². The Hall–Kier alpha value is -6.76. The van der Waals surface area contributed by atoms with Gasteiger partial charge >= 0.3 is 0 Å².